The fourth-order valence-corrected chi connectivity index (χ4v) is 2.75. The Balaban J connectivity index is 2.28. The van der Waals surface area contributed by atoms with Gasteiger partial charge in [-0.05, 0) is 32.8 Å². The monoisotopic (exact) mass is 268 g/mol. The van der Waals surface area contributed by atoms with Crippen molar-refractivity contribution in [2.45, 2.75) is 38.2 Å². The third-order valence-electron chi connectivity index (χ3n) is 3.74. The van der Waals surface area contributed by atoms with Gasteiger partial charge in [-0.2, -0.15) is 0 Å². The lowest BCUT2D eigenvalue weighted by molar-refractivity contribution is -0.00468. The number of ether oxygens (including phenoxy) is 1. The van der Waals surface area contributed by atoms with Gasteiger partial charge in [0, 0.05) is 43.3 Å². The molecule has 1 aliphatic rings. The number of hydrogen-bond donors (Lipinski definition) is 0. The molecule has 1 aromatic heterocycles. The summed E-state index contributed by atoms with van der Waals surface area (Å²) in [6.07, 6.45) is 4.14. The van der Waals surface area contributed by atoms with Crippen LogP contribution in [-0.2, 0) is 10.6 Å². The number of rotatable bonds is 3. The van der Waals surface area contributed by atoms with E-state index in [0.717, 1.165) is 37.2 Å². The van der Waals surface area contributed by atoms with E-state index in [1.807, 2.05) is 13.1 Å². The molecule has 1 unspecified atom stereocenters. The highest BCUT2D eigenvalue weighted by Crippen LogP contribution is 2.30. The van der Waals surface area contributed by atoms with Gasteiger partial charge in [-0.25, -0.2) is 0 Å². The molecule has 18 heavy (non-hydrogen) atoms. The van der Waals surface area contributed by atoms with Gasteiger partial charge in [0.05, 0.1) is 11.5 Å². The lowest BCUT2D eigenvalue weighted by Crippen LogP contribution is -2.47. The molecule has 0 radical (unpaired) electrons. The predicted molar refractivity (Wildman–Crippen MR) is 75.4 cm³/mol. The molecule has 0 aliphatic carbocycles. The summed E-state index contributed by atoms with van der Waals surface area (Å²) in [5.41, 5.74) is 3.28. The number of anilines is 1. The van der Waals surface area contributed by atoms with E-state index in [4.69, 9.17) is 16.3 Å². The molecular weight excluding hydrogens is 248 g/mol. The molecule has 3 nitrogen and oxygen atoms in total. The SMILES string of the molecule is COC1(C)CCCN(c2cc(C)ncc2CCl)C1. The highest BCUT2D eigenvalue weighted by molar-refractivity contribution is 6.17. The van der Waals surface area contributed by atoms with Gasteiger partial charge in [0.15, 0.2) is 0 Å². The minimum Gasteiger partial charge on any atom is -0.377 e. The molecule has 4 heteroatoms. The number of aryl methyl sites for hydroxylation is 1. The van der Waals surface area contributed by atoms with Crippen LogP contribution in [-0.4, -0.2) is 30.8 Å². The first-order valence-corrected chi connectivity index (χ1v) is 6.93. The lowest BCUT2D eigenvalue weighted by Gasteiger charge is -2.41. The van der Waals surface area contributed by atoms with Crippen molar-refractivity contribution in [1.82, 2.24) is 4.98 Å². The molecule has 2 rings (SSSR count). The molecule has 100 valence electrons. The van der Waals surface area contributed by atoms with Gasteiger partial charge in [0.1, 0.15) is 0 Å². The van der Waals surface area contributed by atoms with Crippen molar-refractivity contribution in [3.63, 3.8) is 0 Å². The van der Waals surface area contributed by atoms with E-state index in [9.17, 15) is 0 Å². The third-order valence-corrected chi connectivity index (χ3v) is 4.02. The average molecular weight is 269 g/mol. The van der Waals surface area contributed by atoms with Gasteiger partial charge >= 0.3 is 0 Å². The molecule has 0 bridgehead atoms. The minimum absolute atomic E-state index is 0.0565. The van der Waals surface area contributed by atoms with Crippen LogP contribution in [0.15, 0.2) is 12.3 Å². The van der Waals surface area contributed by atoms with Crippen LogP contribution < -0.4 is 4.90 Å². The first kappa shape index (κ1) is 13.6. The molecule has 0 N–H and O–H groups in total. The van der Waals surface area contributed by atoms with Crippen LogP contribution in [0.4, 0.5) is 5.69 Å². The number of nitrogens with zero attached hydrogens (tertiary/aromatic N) is 2. The Morgan fingerprint density at radius 1 is 1.56 bits per heavy atom. The summed E-state index contributed by atoms with van der Waals surface area (Å²) in [6.45, 7) is 6.16. The van der Waals surface area contributed by atoms with Crippen LogP contribution in [0, 0.1) is 6.92 Å². The number of methoxy groups -OCH3 is 1. The fourth-order valence-electron chi connectivity index (χ4n) is 2.55. The van der Waals surface area contributed by atoms with Crippen molar-refractivity contribution in [2.24, 2.45) is 0 Å². The zero-order valence-electron chi connectivity index (χ0n) is 11.4. The van der Waals surface area contributed by atoms with Crippen molar-refractivity contribution >= 4 is 17.3 Å². The Kier molecular flexibility index (Phi) is 4.13. The molecule has 1 aromatic rings. The summed E-state index contributed by atoms with van der Waals surface area (Å²) in [5, 5.41) is 0. The summed E-state index contributed by atoms with van der Waals surface area (Å²) in [4.78, 5) is 6.69. The van der Waals surface area contributed by atoms with Crippen molar-refractivity contribution in [3.8, 4) is 0 Å². The van der Waals surface area contributed by atoms with E-state index < -0.39 is 0 Å². The third kappa shape index (κ3) is 2.78. The van der Waals surface area contributed by atoms with E-state index >= 15 is 0 Å². The molecule has 0 saturated carbocycles. The Labute approximate surface area is 114 Å². The molecule has 1 aliphatic heterocycles. The van der Waals surface area contributed by atoms with E-state index in [2.05, 4.69) is 22.9 Å². The van der Waals surface area contributed by atoms with Gasteiger partial charge in [-0.15, -0.1) is 11.6 Å². The number of alkyl halides is 1. The lowest BCUT2D eigenvalue weighted by atomic mass is 9.94. The maximum atomic E-state index is 6.01. The first-order valence-electron chi connectivity index (χ1n) is 6.39. The van der Waals surface area contributed by atoms with Crippen LogP contribution in [0.3, 0.4) is 0 Å². The quantitative estimate of drug-likeness (QED) is 0.788. The van der Waals surface area contributed by atoms with Gasteiger partial charge < -0.3 is 9.64 Å². The van der Waals surface area contributed by atoms with E-state index in [-0.39, 0.29) is 5.60 Å². The topological polar surface area (TPSA) is 25.4 Å². The highest BCUT2D eigenvalue weighted by Gasteiger charge is 2.31. The average Bonchev–Trinajstić information content (AvgIpc) is 2.39. The van der Waals surface area contributed by atoms with Crippen LogP contribution in [0.25, 0.3) is 0 Å². The summed E-state index contributed by atoms with van der Waals surface area (Å²) < 4.78 is 5.64. The number of halogens is 1. The Morgan fingerprint density at radius 2 is 2.33 bits per heavy atom. The summed E-state index contributed by atoms with van der Waals surface area (Å²) in [5.74, 6) is 0.503. The van der Waals surface area contributed by atoms with E-state index in [1.54, 1.807) is 7.11 Å². The smallest absolute Gasteiger partial charge is 0.0825 e. The second-order valence-electron chi connectivity index (χ2n) is 5.27. The maximum Gasteiger partial charge on any atom is 0.0825 e. The number of aromatic nitrogens is 1. The van der Waals surface area contributed by atoms with Crippen LogP contribution in [0.1, 0.15) is 31.0 Å². The largest absolute Gasteiger partial charge is 0.377 e. The fraction of sp³-hybridized carbons (Fsp3) is 0.643. The maximum absolute atomic E-state index is 6.01. The Bertz CT molecular complexity index is 424. The van der Waals surface area contributed by atoms with Gasteiger partial charge in [-0.3, -0.25) is 4.98 Å². The van der Waals surface area contributed by atoms with Crippen molar-refractivity contribution in [3.05, 3.63) is 23.5 Å². The second-order valence-corrected chi connectivity index (χ2v) is 5.53. The van der Waals surface area contributed by atoms with Gasteiger partial charge in [-0.1, -0.05) is 0 Å². The Morgan fingerprint density at radius 3 is 3.00 bits per heavy atom. The summed E-state index contributed by atoms with van der Waals surface area (Å²) in [6, 6.07) is 2.12. The Hall–Kier alpha value is -0.800. The molecule has 1 fully saturated rings. The molecule has 1 atom stereocenters. The minimum atomic E-state index is -0.0565. The zero-order valence-corrected chi connectivity index (χ0v) is 12.1. The molecule has 0 aromatic carbocycles. The molecule has 0 amide bonds. The predicted octanol–water partition coefficient (Wildman–Crippen LogP) is 3.13. The molecule has 0 spiro atoms. The molecule has 2 heterocycles. The molecule has 1 saturated heterocycles. The second kappa shape index (κ2) is 5.45. The number of hydrogen-bond acceptors (Lipinski definition) is 3. The summed E-state index contributed by atoms with van der Waals surface area (Å²) in [7, 11) is 1.80. The van der Waals surface area contributed by atoms with E-state index in [0.29, 0.717) is 5.88 Å². The van der Waals surface area contributed by atoms with Gasteiger partial charge in [0.25, 0.3) is 0 Å². The van der Waals surface area contributed by atoms with Crippen molar-refractivity contribution in [2.75, 3.05) is 25.1 Å². The molecular formula is C14H21ClN2O. The number of piperidine rings is 1. The normalized spacial score (nSPS) is 24.3. The first-order chi connectivity index (χ1) is 8.58. The van der Waals surface area contributed by atoms with Crippen LogP contribution >= 0.6 is 11.6 Å². The number of pyridine rings is 1. The van der Waals surface area contributed by atoms with Crippen molar-refractivity contribution in [1.29, 1.82) is 0 Å². The van der Waals surface area contributed by atoms with E-state index in [1.165, 1.54) is 5.69 Å². The van der Waals surface area contributed by atoms with Gasteiger partial charge in [0.2, 0.25) is 0 Å². The van der Waals surface area contributed by atoms with Crippen molar-refractivity contribution < 1.29 is 4.74 Å². The van der Waals surface area contributed by atoms with Crippen LogP contribution in [0.2, 0.25) is 0 Å². The summed E-state index contributed by atoms with van der Waals surface area (Å²) >= 11 is 6.01. The van der Waals surface area contributed by atoms with Crippen LogP contribution in [0.5, 0.6) is 0 Å². The standard InChI is InChI=1S/C14H21ClN2O/c1-11-7-13(12(8-15)9-16-11)17-6-4-5-14(2,10-17)18-3/h7,9H,4-6,8,10H2,1-3H3. The zero-order chi connectivity index (χ0) is 13.2. The highest BCUT2D eigenvalue weighted by atomic mass is 35.5.